The minimum Gasteiger partial charge on any atom is -0.345 e. The number of aryl methyl sites for hydroxylation is 2. The van der Waals surface area contributed by atoms with E-state index < -0.39 is 23.6 Å². The molecule has 0 spiro atoms. The van der Waals surface area contributed by atoms with Crippen LogP contribution in [0.3, 0.4) is 0 Å². The Morgan fingerprint density at radius 1 is 1.02 bits per heavy atom. The van der Waals surface area contributed by atoms with Crippen molar-refractivity contribution >= 4 is 34.0 Å². The molecule has 12 nitrogen and oxygen atoms in total. The number of nitrogens with one attached hydrogen (secondary N) is 1. The second kappa shape index (κ2) is 11.7. The number of hydrogen-bond donors (Lipinski definition) is 1. The number of hydrogen-bond acceptors (Lipinski definition) is 8. The fourth-order valence-corrected chi connectivity index (χ4v) is 6.78. The summed E-state index contributed by atoms with van der Waals surface area (Å²) in [5.74, 6) is 0.287. The van der Waals surface area contributed by atoms with Gasteiger partial charge in [-0.25, -0.2) is 14.6 Å². The summed E-state index contributed by atoms with van der Waals surface area (Å²) in [6.07, 6.45) is 3.27. The number of carbonyl (C=O) groups excluding carboxylic acids is 3. The maximum Gasteiger partial charge on any atom is 0.271 e. The first-order valence-corrected chi connectivity index (χ1v) is 15.4. The number of carbonyl (C=O) groups is 3. The Hall–Kier alpha value is -4.39. The van der Waals surface area contributed by atoms with Gasteiger partial charge in [0, 0.05) is 48.4 Å². The van der Waals surface area contributed by atoms with Crippen LogP contribution in [0.1, 0.15) is 65.4 Å². The Bertz CT molecular complexity index is 1760. The van der Waals surface area contributed by atoms with E-state index in [1.54, 1.807) is 14.5 Å². The van der Waals surface area contributed by atoms with E-state index in [1.165, 1.54) is 21.9 Å². The Morgan fingerprint density at radius 2 is 1.81 bits per heavy atom. The van der Waals surface area contributed by atoms with Gasteiger partial charge in [-0.3, -0.25) is 23.6 Å². The Kier molecular flexibility index (Phi) is 7.82. The summed E-state index contributed by atoms with van der Waals surface area (Å²) in [5.41, 5.74) is 1.16. The average Bonchev–Trinajstić information content (AvgIpc) is 3.73. The first-order valence-electron chi connectivity index (χ1n) is 14.6. The normalized spacial score (nSPS) is 20.1. The Balaban J connectivity index is 1.37. The molecule has 4 aromatic rings. The maximum absolute atomic E-state index is 13.9. The zero-order valence-electron chi connectivity index (χ0n) is 24.4. The van der Waals surface area contributed by atoms with Crippen LogP contribution < -0.4 is 10.9 Å². The van der Waals surface area contributed by atoms with Crippen LogP contribution in [0.2, 0.25) is 0 Å². The lowest BCUT2D eigenvalue weighted by atomic mass is 10.1. The quantitative estimate of drug-likeness (QED) is 0.373. The van der Waals surface area contributed by atoms with E-state index in [1.807, 2.05) is 51.1 Å². The molecule has 2 aliphatic heterocycles. The molecule has 224 valence electrons. The van der Waals surface area contributed by atoms with Crippen molar-refractivity contribution in [2.75, 3.05) is 19.6 Å². The minimum atomic E-state index is -0.546. The summed E-state index contributed by atoms with van der Waals surface area (Å²) in [5, 5.41) is 7.81. The zero-order valence-corrected chi connectivity index (χ0v) is 25.3. The van der Waals surface area contributed by atoms with Crippen LogP contribution in [0, 0.1) is 13.8 Å². The zero-order chi connectivity index (χ0) is 30.2. The third-order valence-corrected chi connectivity index (χ3v) is 9.36. The van der Waals surface area contributed by atoms with Crippen molar-refractivity contribution in [2.24, 2.45) is 0 Å². The maximum atomic E-state index is 13.9. The van der Waals surface area contributed by atoms with Crippen LogP contribution in [0.25, 0.3) is 16.3 Å². The number of nitrogens with zero attached hydrogens (tertiary/aromatic N) is 7. The second-order valence-electron chi connectivity index (χ2n) is 11.1. The van der Waals surface area contributed by atoms with Crippen molar-refractivity contribution in [1.29, 1.82) is 0 Å². The molecule has 1 N–H and O–H groups in total. The summed E-state index contributed by atoms with van der Waals surface area (Å²) in [6, 6.07) is 8.51. The highest BCUT2D eigenvalue weighted by atomic mass is 32.1. The van der Waals surface area contributed by atoms with Gasteiger partial charge < -0.3 is 15.1 Å². The molecular formula is C30H34N8O4S. The standard InChI is InChI=1S/C30H34N8O4S/c1-18-26-33-25(21-9-5-4-6-10-21)34-37(26)16-15-35(13-8-12-24(39)36-14-7-11-23(36)27(40)32-18)28(41)22-17-31-30-38(29(22)42)19(2)20(3)43-30/h4-6,9-10,17-18,23H,7-8,11-16H2,1-3H3,(H,32,40)/t18-,23-/m0/s1. The third-order valence-electron chi connectivity index (χ3n) is 8.29. The lowest BCUT2D eigenvalue weighted by molar-refractivity contribution is -0.138. The van der Waals surface area contributed by atoms with Crippen molar-refractivity contribution in [1.82, 2.24) is 39.3 Å². The van der Waals surface area contributed by atoms with Crippen molar-refractivity contribution in [3.63, 3.8) is 0 Å². The molecule has 0 unspecified atom stereocenters. The van der Waals surface area contributed by atoms with E-state index in [4.69, 9.17) is 10.1 Å². The molecule has 3 amide bonds. The smallest absolute Gasteiger partial charge is 0.271 e. The molecule has 5 heterocycles. The molecule has 13 heteroatoms. The van der Waals surface area contributed by atoms with E-state index in [2.05, 4.69) is 10.3 Å². The SMILES string of the molecule is Cc1sc2ncc(C(=O)N3CCCC(=O)N4CCC[C@H]4C(=O)N[C@@H](C)c4nc(-c5ccccc5)nn4CC3)c(=O)n2c1C. The predicted molar refractivity (Wildman–Crippen MR) is 161 cm³/mol. The number of aromatic nitrogens is 5. The molecule has 3 aromatic heterocycles. The fourth-order valence-electron chi connectivity index (χ4n) is 5.85. The van der Waals surface area contributed by atoms with Gasteiger partial charge in [-0.2, -0.15) is 5.10 Å². The third kappa shape index (κ3) is 5.44. The van der Waals surface area contributed by atoms with Gasteiger partial charge >= 0.3 is 0 Å². The number of thiazole rings is 1. The van der Waals surface area contributed by atoms with E-state index in [0.29, 0.717) is 36.0 Å². The van der Waals surface area contributed by atoms with Gasteiger partial charge in [-0.05, 0) is 40.0 Å². The van der Waals surface area contributed by atoms with E-state index >= 15 is 0 Å². The van der Waals surface area contributed by atoms with Gasteiger partial charge in [0.1, 0.15) is 17.4 Å². The highest BCUT2D eigenvalue weighted by Crippen LogP contribution is 2.24. The van der Waals surface area contributed by atoms with E-state index in [9.17, 15) is 19.2 Å². The summed E-state index contributed by atoms with van der Waals surface area (Å²) in [4.78, 5) is 67.8. The number of benzene rings is 1. The highest BCUT2D eigenvalue weighted by Gasteiger charge is 2.35. The van der Waals surface area contributed by atoms with Crippen LogP contribution in [0.5, 0.6) is 0 Å². The van der Waals surface area contributed by atoms with Crippen LogP contribution in [-0.2, 0) is 16.1 Å². The van der Waals surface area contributed by atoms with Crippen molar-refractivity contribution in [3.05, 3.63) is 68.8 Å². The Labute approximate surface area is 252 Å². The number of amides is 3. The minimum absolute atomic E-state index is 0.0186. The molecule has 0 bridgehead atoms. The van der Waals surface area contributed by atoms with Crippen LogP contribution in [-0.4, -0.2) is 77.3 Å². The van der Waals surface area contributed by atoms with Gasteiger partial charge in [-0.15, -0.1) is 11.3 Å². The number of rotatable bonds is 2. The molecular weight excluding hydrogens is 568 g/mol. The van der Waals surface area contributed by atoms with Crippen molar-refractivity contribution in [3.8, 4) is 11.4 Å². The second-order valence-corrected chi connectivity index (χ2v) is 12.3. The molecule has 2 aliphatic rings. The van der Waals surface area contributed by atoms with Crippen molar-refractivity contribution in [2.45, 2.75) is 65.1 Å². The molecule has 1 fully saturated rings. The van der Waals surface area contributed by atoms with Crippen LogP contribution in [0.4, 0.5) is 0 Å². The first-order chi connectivity index (χ1) is 20.7. The van der Waals surface area contributed by atoms with Gasteiger partial charge in [0.15, 0.2) is 10.8 Å². The molecule has 0 saturated carbocycles. The lowest BCUT2D eigenvalue weighted by Gasteiger charge is -2.28. The lowest BCUT2D eigenvalue weighted by Crippen LogP contribution is -2.47. The topological polar surface area (TPSA) is 135 Å². The molecule has 0 radical (unpaired) electrons. The van der Waals surface area contributed by atoms with Crippen molar-refractivity contribution < 1.29 is 14.4 Å². The molecule has 6 rings (SSSR count). The summed E-state index contributed by atoms with van der Waals surface area (Å²) in [6.45, 7) is 6.87. The monoisotopic (exact) mass is 602 g/mol. The predicted octanol–water partition coefficient (Wildman–Crippen LogP) is 2.74. The highest BCUT2D eigenvalue weighted by molar-refractivity contribution is 7.17. The summed E-state index contributed by atoms with van der Waals surface area (Å²) >= 11 is 1.41. The van der Waals surface area contributed by atoms with Gasteiger partial charge in [0.05, 0.1) is 12.6 Å². The van der Waals surface area contributed by atoms with Crippen LogP contribution in [0.15, 0.2) is 41.3 Å². The summed E-state index contributed by atoms with van der Waals surface area (Å²) < 4.78 is 3.21. The summed E-state index contributed by atoms with van der Waals surface area (Å²) in [7, 11) is 0. The van der Waals surface area contributed by atoms with Gasteiger partial charge in [0.25, 0.3) is 11.5 Å². The molecule has 0 aliphatic carbocycles. The van der Waals surface area contributed by atoms with E-state index in [-0.39, 0.29) is 43.4 Å². The fraction of sp³-hybridized carbons (Fsp3) is 0.433. The molecule has 1 aromatic carbocycles. The van der Waals surface area contributed by atoms with Gasteiger partial charge in [0.2, 0.25) is 11.8 Å². The van der Waals surface area contributed by atoms with E-state index in [0.717, 1.165) is 22.6 Å². The molecule has 43 heavy (non-hydrogen) atoms. The average molecular weight is 603 g/mol. The molecule has 1 saturated heterocycles. The molecule has 2 atom stereocenters. The number of fused-ring (bicyclic) bond motifs is 3. The Morgan fingerprint density at radius 3 is 2.60 bits per heavy atom. The van der Waals surface area contributed by atoms with Crippen LogP contribution >= 0.6 is 11.3 Å². The first kappa shape index (κ1) is 28.7. The largest absolute Gasteiger partial charge is 0.345 e. The van der Waals surface area contributed by atoms with Gasteiger partial charge in [-0.1, -0.05) is 30.3 Å².